The number of anilines is 1. The van der Waals surface area contributed by atoms with Gasteiger partial charge in [-0.3, -0.25) is 14.3 Å². The summed E-state index contributed by atoms with van der Waals surface area (Å²) in [7, 11) is 0. The first-order valence-electron chi connectivity index (χ1n) is 13.6. The van der Waals surface area contributed by atoms with Gasteiger partial charge in [0.15, 0.2) is 11.8 Å². The van der Waals surface area contributed by atoms with Crippen molar-refractivity contribution < 1.29 is 15.0 Å². The Balaban J connectivity index is 1.03. The summed E-state index contributed by atoms with van der Waals surface area (Å²) in [6.07, 6.45) is 6.07. The van der Waals surface area contributed by atoms with Crippen molar-refractivity contribution in [3.05, 3.63) is 35.4 Å². The van der Waals surface area contributed by atoms with Crippen molar-refractivity contribution in [2.75, 3.05) is 37.6 Å². The monoisotopic (exact) mass is 506 g/mol. The third kappa shape index (κ3) is 3.56. The number of aromatic nitrogens is 2. The van der Waals surface area contributed by atoms with Crippen LogP contribution in [-0.2, 0) is 11.3 Å². The van der Waals surface area contributed by atoms with Crippen LogP contribution in [0.1, 0.15) is 61.5 Å². The van der Waals surface area contributed by atoms with Gasteiger partial charge in [0.2, 0.25) is 0 Å². The third-order valence-corrected chi connectivity index (χ3v) is 10.2. The van der Waals surface area contributed by atoms with E-state index in [1.54, 1.807) is 16.1 Å². The van der Waals surface area contributed by atoms with E-state index in [0.717, 1.165) is 62.5 Å². The Morgan fingerprint density at radius 3 is 2.47 bits per heavy atom. The molecule has 36 heavy (non-hydrogen) atoms. The molecule has 3 fully saturated rings. The van der Waals surface area contributed by atoms with Crippen molar-refractivity contribution >= 4 is 33.2 Å². The van der Waals surface area contributed by atoms with E-state index in [0.29, 0.717) is 24.8 Å². The molecule has 8 heteroatoms. The number of piperazine rings is 1. The Morgan fingerprint density at radius 2 is 1.67 bits per heavy atom. The maximum atomic E-state index is 12.3. The van der Waals surface area contributed by atoms with E-state index in [2.05, 4.69) is 34.1 Å². The predicted molar refractivity (Wildman–Crippen MR) is 141 cm³/mol. The average molecular weight is 507 g/mol. The molecule has 0 spiro atoms. The van der Waals surface area contributed by atoms with E-state index in [4.69, 9.17) is 4.37 Å². The molecule has 7 rings (SSSR count). The van der Waals surface area contributed by atoms with Crippen LogP contribution < -0.4 is 4.90 Å². The molecule has 4 atom stereocenters. The number of carbonyl (C=O) groups excluding carboxylic acids is 1. The number of Topliss-reactive ketones (excluding diaryl/α,β-unsaturated/α-hetero) is 1. The molecule has 0 amide bonds. The molecule has 4 aliphatic rings. The molecule has 2 aromatic heterocycles. The number of ketones is 1. The molecular formula is C28H34N4O3S. The molecule has 3 aromatic rings. The Bertz CT molecular complexity index is 1310. The summed E-state index contributed by atoms with van der Waals surface area (Å²) in [4.78, 5) is 17.3. The van der Waals surface area contributed by atoms with Gasteiger partial charge in [-0.1, -0.05) is 25.0 Å². The fourth-order valence-electron chi connectivity index (χ4n) is 7.51. The van der Waals surface area contributed by atoms with Crippen LogP contribution in [0.15, 0.2) is 24.3 Å². The highest BCUT2D eigenvalue weighted by Crippen LogP contribution is 2.58. The zero-order valence-electron chi connectivity index (χ0n) is 20.6. The van der Waals surface area contributed by atoms with Gasteiger partial charge < -0.3 is 15.1 Å². The first-order valence-corrected chi connectivity index (χ1v) is 14.3. The largest absolute Gasteiger partial charge is 0.494 e. The third-order valence-electron chi connectivity index (χ3n) is 9.40. The average Bonchev–Trinajstić information content (AvgIpc) is 3.64. The van der Waals surface area contributed by atoms with Gasteiger partial charge in [0.1, 0.15) is 11.6 Å². The number of carbonyl (C=O) groups is 1. The van der Waals surface area contributed by atoms with Gasteiger partial charge in [0.05, 0.1) is 4.70 Å². The van der Waals surface area contributed by atoms with Crippen molar-refractivity contribution in [2.45, 2.75) is 56.9 Å². The minimum atomic E-state index is -0.203. The Labute approximate surface area is 215 Å². The lowest BCUT2D eigenvalue weighted by molar-refractivity contribution is -0.118. The minimum absolute atomic E-state index is 0.0953. The predicted octanol–water partition coefficient (Wildman–Crippen LogP) is 4.68. The van der Waals surface area contributed by atoms with Crippen LogP contribution >= 0.6 is 11.5 Å². The molecule has 2 N–H and O–H groups in total. The summed E-state index contributed by atoms with van der Waals surface area (Å²) in [5, 5.41) is 23.3. The van der Waals surface area contributed by atoms with Crippen LogP contribution in [0.3, 0.4) is 0 Å². The van der Waals surface area contributed by atoms with Gasteiger partial charge in [-0.15, -0.1) is 0 Å². The summed E-state index contributed by atoms with van der Waals surface area (Å²) < 4.78 is 7.74. The summed E-state index contributed by atoms with van der Waals surface area (Å²) in [6, 6.07) is 8.50. The van der Waals surface area contributed by atoms with E-state index < -0.39 is 0 Å². The first kappa shape index (κ1) is 22.6. The first-order chi connectivity index (χ1) is 17.6. The van der Waals surface area contributed by atoms with Gasteiger partial charge in [-0.25, -0.2) is 0 Å². The lowest BCUT2D eigenvalue weighted by Gasteiger charge is -2.40. The fourth-order valence-corrected chi connectivity index (χ4v) is 8.30. The zero-order chi connectivity index (χ0) is 24.4. The van der Waals surface area contributed by atoms with Crippen molar-refractivity contribution in [3.63, 3.8) is 0 Å². The molecule has 7 nitrogen and oxygen atoms in total. The number of fused-ring (bicyclic) bond motifs is 6. The second-order valence-electron chi connectivity index (χ2n) is 11.3. The second kappa shape index (κ2) is 8.77. The SMILES string of the molecule is O=C1CC2CC1c1c2c(O)n(C[C@@H]2CCCCC2CN2CCN(c3nsc4ccccc34)CC2)c1O. The molecule has 190 valence electrons. The van der Waals surface area contributed by atoms with Gasteiger partial charge >= 0.3 is 0 Å². The van der Waals surface area contributed by atoms with Crippen LogP contribution in [0.2, 0.25) is 0 Å². The maximum Gasteiger partial charge on any atom is 0.198 e. The van der Waals surface area contributed by atoms with E-state index >= 15 is 0 Å². The lowest BCUT2D eigenvalue weighted by Crippen LogP contribution is -2.49. The summed E-state index contributed by atoms with van der Waals surface area (Å²) >= 11 is 1.59. The quantitative estimate of drug-likeness (QED) is 0.523. The molecule has 1 aromatic carbocycles. The van der Waals surface area contributed by atoms with Crippen molar-refractivity contribution in [3.8, 4) is 11.8 Å². The van der Waals surface area contributed by atoms with Crippen LogP contribution in [0.25, 0.3) is 10.1 Å². The molecule has 2 saturated carbocycles. The highest BCUT2D eigenvalue weighted by molar-refractivity contribution is 7.13. The highest BCUT2D eigenvalue weighted by atomic mass is 32.1. The molecule has 3 aliphatic carbocycles. The standard InChI is InChI=1S/C28H34N4O3S/c33-22-14-19-13-21(22)25-24(19)27(34)32(28(25)35)16-18-6-2-1-5-17(18)15-30-9-11-31(12-10-30)26-20-7-3-4-8-23(20)36-29-26/h3-4,7-8,17-19,21,34-35H,1-2,5-6,9-16H2/t17?,18-,19?,21?/m0/s1. The van der Waals surface area contributed by atoms with Gasteiger partial charge in [-0.05, 0) is 60.7 Å². The number of hydrogen-bond acceptors (Lipinski definition) is 7. The minimum Gasteiger partial charge on any atom is -0.494 e. The molecule has 0 radical (unpaired) electrons. The molecular weight excluding hydrogens is 472 g/mol. The topological polar surface area (TPSA) is 81.8 Å². The molecule has 3 heterocycles. The zero-order valence-corrected chi connectivity index (χ0v) is 21.4. The van der Waals surface area contributed by atoms with Crippen LogP contribution in [0, 0.1) is 11.8 Å². The van der Waals surface area contributed by atoms with Crippen molar-refractivity contribution in [1.82, 2.24) is 13.8 Å². The van der Waals surface area contributed by atoms with Gasteiger partial charge in [0.25, 0.3) is 0 Å². The van der Waals surface area contributed by atoms with Crippen molar-refractivity contribution in [2.24, 2.45) is 11.8 Å². The maximum absolute atomic E-state index is 12.3. The Morgan fingerprint density at radius 1 is 0.944 bits per heavy atom. The van der Waals surface area contributed by atoms with Gasteiger partial charge in [0, 0.05) is 68.1 Å². The second-order valence-corrected chi connectivity index (χ2v) is 12.1. The van der Waals surface area contributed by atoms with Crippen LogP contribution in [0.4, 0.5) is 5.82 Å². The van der Waals surface area contributed by atoms with E-state index in [1.807, 2.05) is 0 Å². The normalized spacial score (nSPS) is 28.3. The van der Waals surface area contributed by atoms with Crippen LogP contribution in [-0.4, -0.2) is 62.6 Å². The van der Waals surface area contributed by atoms with E-state index in [1.165, 1.54) is 29.3 Å². The van der Waals surface area contributed by atoms with E-state index in [-0.39, 0.29) is 29.4 Å². The summed E-state index contributed by atoms with van der Waals surface area (Å²) in [6.45, 7) is 5.78. The molecule has 1 aliphatic heterocycles. The van der Waals surface area contributed by atoms with E-state index in [9.17, 15) is 15.0 Å². The Hall–Kier alpha value is -2.58. The van der Waals surface area contributed by atoms with Gasteiger partial charge in [-0.2, -0.15) is 4.37 Å². The summed E-state index contributed by atoms with van der Waals surface area (Å²) in [5.41, 5.74) is 1.59. The highest BCUT2D eigenvalue weighted by Gasteiger charge is 2.49. The fraction of sp³-hybridized carbons (Fsp3) is 0.571. The molecule has 2 bridgehead atoms. The molecule has 3 unspecified atom stereocenters. The summed E-state index contributed by atoms with van der Waals surface area (Å²) in [5.74, 6) is 2.60. The van der Waals surface area contributed by atoms with Crippen LogP contribution in [0.5, 0.6) is 11.8 Å². The number of aromatic hydroxyl groups is 2. The van der Waals surface area contributed by atoms with Crippen molar-refractivity contribution in [1.29, 1.82) is 0 Å². The number of rotatable bonds is 5. The lowest BCUT2D eigenvalue weighted by atomic mass is 9.78. The molecule has 1 saturated heterocycles. The number of nitrogens with zero attached hydrogens (tertiary/aromatic N) is 4. The Kier molecular flexibility index (Phi) is 5.51. The smallest absolute Gasteiger partial charge is 0.198 e. The number of hydrogen-bond donors (Lipinski definition) is 2. The number of benzene rings is 1.